The first-order valence-electron chi connectivity index (χ1n) is 40.3. The van der Waals surface area contributed by atoms with Crippen LogP contribution in [-0.2, 0) is 38.0 Å². The summed E-state index contributed by atoms with van der Waals surface area (Å²) in [5.41, 5.74) is 19.4. The standard InChI is InChI=1S/C32H51N.C24H35N.C16H17N.C16H19N.C6H15N.C5H9N.C4H10.2CH4/c1-28(2,3)22-16-23(29(4,5)6)19-26(18-22)33(32(13,14)15)27-20-24(30(7,8)9)17-25(21-27)31(10,11)12;1-22(2,3)18-10-14-20(15-11-18)25(24(7,8)9)21-16-12-19(13-17-21)23(4,5)6;1-16(2,3)17-14-10-6-4-8-12(14)13-9-5-7-11-15(13)17;1-16(2,3)17(14-10-6-4-7-11-14)15-12-8-5-9-13-15;1-6(2,3)7(4)5;1-5(2,3)4-6;1-4(2)3;;/h16-21H,1-15H3;10-17H,1-9H3;4-11H,1-3H3;4-13H,1-3H3;1-5H3;1-3H3;4H,1-3H3;2*1H4. The minimum absolute atomic E-state index is 0. The van der Waals surface area contributed by atoms with Crippen LogP contribution < -0.4 is 14.7 Å². The Labute approximate surface area is 685 Å². The van der Waals surface area contributed by atoms with Crippen LogP contribution in [0.5, 0.6) is 0 Å². The van der Waals surface area contributed by atoms with Crippen molar-refractivity contribution in [2.45, 2.75) is 345 Å². The highest BCUT2D eigenvalue weighted by molar-refractivity contribution is 6.08. The number of fused-ring (bicyclic) bond motifs is 3. The molecule has 0 amide bonds. The van der Waals surface area contributed by atoms with Gasteiger partial charge in [0.1, 0.15) is 0 Å². The average molecular weight is 1510 g/mol. The Bertz CT molecular complexity index is 3940. The van der Waals surface area contributed by atoms with Gasteiger partial charge in [-0.1, -0.05) is 269 Å². The molecule has 6 heteroatoms. The molecule has 0 radical (unpaired) electrons. The quantitative estimate of drug-likeness (QED) is 0.166. The van der Waals surface area contributed by atoms with E-state index >= 15 is 0 Å². The molecule has 9 aromatic rings. The smallest absolute Gasteiger partial charge is 0.0680 e. The third kappa shape index (κ3) is 32.1. The summed E-state index contributed by atoms with van der Waals surface area (Å²) in [5, 5.41) is 10.8. The van der Waals surface area contributed by atoms with Gasteiger partial charge in [0.05, 0.1) is 6.07 Å². The maximum Gasteiger partial charge on any atom is 0.0680 e. The Kier molecular flexibility index (Phi) is 36.0. The van der Waals surface area contributed by atoms with E-state index in [0.717, 1.165) is 5.92 Å². The fourth-order valence-electron chi connectivity index (χ4n) is 12.0. The SMILES string of the molecule is C.C.CC(C)(C)C#N.CC(C)(C)N(c1ccccc1)c1ccccc1.CC(C)(C)c1cc(N(c2cc(C(C)(C)C)cc(C(C)(C)C)c2)C(C)(C)C)cc(C(C)(C)C)c1.CC(C)(C)c1ccc(N(c2ccc(C(C)(C)C)cc2)C(C)(C)C)cc1.CC(C)(C)n1c2ccccc2c2ccccc21.CC(C)C.CN(C)C(C)(C)C. The van der Waals surface area contributed by atoms with E-state index in [2.05, 4.69) is 488 Å². The number of nitriles is 1. The zero-order chi connectivity index (χ0) is 84.0. The molecule has 0 saturated carbocycles. The van der Waals surface area contributed by atoms with Crippen molar-refractivity contribution < 1.29 is 0 Å². The lowest BCUT2D eigenvalue weighted by molar-refractivity contribution is 0.219. The molecule has 0 aliphatic carbocycles. The Hall–Kier alpha value is -7.59. The second kappa shape index (κ2) is 39.4. The number of hydrogen-bond acceptors (Lipinski definition) is 5. The van der Waals surface area contributed by atoms with E-state index in [1.807, 2.05) is 20.8 Å². The van der Waals surface area contributed by atoms with Crippen molar-refractivity contribution in [2.75, 3.05) is 28.8 Å². The number of aromatic nitrogens is 1. The van der Waals surface area contributed by atoms with Gasteiger partial charge in [-0.25, -0.2) is 0 Å². The van der Waals surface area contributed by atoms with Crippen molar-refractivity contribution >= 4 is 55.9 Å². The minimum atomic E-state index is -0.153. The van der Waals surface area contributed by atoms with Crippen molar-refractivity contribution in [3.63, 3.8) is 0 Å². The van der Waals surface area contributed by atoms with Crippen LogP contribution in [0.3, 0.4) is 0 Å². The summed E-state index contributed by atoms with van der Waals surface area (Å²) in [7, 11) is 4.17. The summed E-state index contributed by atoms with van der Waals surface area (Å²) >= 11 is 0. The van der Waals surface area contributed by atoms with Crippen LogP contribution in [0, 0.1) is 22.7 Å². The Balaban J connectivity index is 0.000000702. The second-order valence-electron chi connectivity index (χ2n) is 43.0. The van der Waals surface area contributed by atoms with E-state index in [1.54, 1.807) is 0 Å². The van der Waals surface area contributed by atoms with E-state index < -0.39 is 0 Å². The van der Waals surface area contributed by atoms with Gasteiger partial charge in [-0.3, -0.25) is 0 Å². The lowest BCUT2D eigenvalue weighted by Gasteiger charge is -2.41. The fourth-order valence-corrected chi connectivity index (χ4v) is 12.0. The third-order valence-electron chi connectivity index (χ3n) is 18.8. The maximum absolute atomic E-state index is 8.15. The average Bonchev–Trinajstić information content (AvgIpc) is 1.67. The lowest BCUT2D eigenvalue weighted by atomic mass is 9.79. The van der Waals surface area contributed by atoms with Crippen LogP contribution in [0.25, 0.3) is 21.8 Å². The van der Waals surface area contributed by atoms with Gasteiger partial charge < -0.3 is 24.2 Å². The molecule has 1 heterocycles. The summed E-state index contributed by atoms with van der Waals surface area (Å²) in [6.45, 7) is 87.3. The molecular formula is C105H164N6. The molecule has 111 heavy (non-hydrogen) atoms. The van der Waals surface area contributed by atoms with Crippen LogP contribution in [-0.4, -0.2) is 45.7 Å². The van der Waals surface area contributed by atoms with Gasteiger partial charge in [-0.15, -0.1) is 0 Å². The fraction of sp³-hybridized carbons (Fsp3) is 0.533. The molecule has 0 saturated heterocycles. The molecule has 0 N–H and O–H groups in total. The monoisotopic (exact) mass is 1510 g/mol. The topological polar surface area (TPSA) is 41.7 Å². The van der Waals surface area contributed by atoms with Crippen LogP contribution in [0.15, 0.2) is 194 Å². The number of rotatable bonds is 6. The third-order valence-corrected chi connectivity index (χ3v) is 18.8. The van der Waals surface area contributed by atoms with Gasteiger partial charge in [0.2, 0.25) is 0 Å². The van der Waals surface area contributed by atoms with E-state index in [9.17, 15) is 0 Å². The zero-order valence-electron chi connectivity index (χ0n) is 77.2. The molecule has 0 atom stereocenters. The zero-order valence-corrected chi connectivity index (χ0v) is 77.2. The predicted octanol–water partition coefficient (Wildman–Crippen LogP) is 32.0. The van der Waals surface area contributed by atoms with Gasteiger partial charge in [-0.05, 0) is 295 Å². The van der Waals surface area contributed by atoms with Crippen molar-refractivity contribution in [3.8, 4) is 6.07 Å². The number of benzene rings is 8. The van der Waals surface area contributed by atoms with Gasteiger partial charge in [0.15, 0.2) is 0 Å². The highest BCUT2D eigenvalue weighted by Crippen LogP contribution is 2.44. The molecule has 9 rings (SSSR count). The van der Waals surface area contributed by atoms with E-state index in [-0.39, 0.29) is 74.9 Å². The van der Waals surface area contributed by atoms with Crippen molar-refractivity contribution in [3.05, 3.63) is 228 Å². The Morgan fingerprint density at radius 2 is 0.468 bits per heavy atom. The van der Waals surface area contributed by atoms with Crippen molar-refractivity contribution in [1.29, 1.82) is 5.26 Å². The lowest BCUT2D eigenvalue weighted by Crippen LogP contribution is -2.38. The first kappa shape index (κ1) is 101. The summed E-state index contributed by atoms with van der Waals surface area (Å²) in [5.74, 6) is 0.833. The van der Waals surface area contributed by atoms with E-state index in [4.69, 9.17) is 5.26 Å². The largest absolute Gasteiger partial charge is 0.336 e. The molecule has 0 aliphatic heterocycles. The normalized spacial score (nSPS) is 12.4. The molecular weight excluding hydrogens is 1350 g/mol. The summed E-state index contributed by atoms with van der Waals surface area (Å²) < 4.78 is 2.43. The molecule has 0 aliphatic rings. The second-order valence-corrected chi connectivity index (χ2v) is 43.0. The molecule has 1 aromatic heterocycles. The predicted molar refractivity (Wildman–Crippen MR) is 503 cm³/mol. The Morgan fingerprint density at radius 3 is 0.658 bits per heavy atom. The van der Waals surface area contributed by atoms with Gasteiger partial charge >= 0.3 is 0 Å². The van der Waals surface area contributed by atoms with Gasteiger partial charge in [0, 0.05) is 89.0 Å². The molecule has 0 unspecified atom stereocenters. The first-order chi connectivity index (χ1) is 49.2. The van der Waals surface area contributed by atoms with Gasteiger partial charge in [-0.2, -0.15) is 5.26 Å². The number of hydrogen-bond donors (Lipinski definition) is 0. The van der Waals surface area contributed by atoms with E-state index in [1.165, 1.54) is 89.3 Å². The number of anilines is 6. The van der Waals surface area contributed by atoms with Crippen molar-refractivity contribution in [1.82, 2.24) is 9.47 Å². The van der Waals surface area contributed by atoms with Gasteiger partial charge in [0.25, 0.3) is 0 Å². The summed E-state index contributed by atoms with van der Waals surface area (Å²) in [6, 6.07) is 73.0. The first-order valence-corrected chi connectivity index (χ1v) is 40.3. The maximum atomic E-state index is 8.15. The number of nitrogens with zero attached hydrogens (tertiary/aromatic N) is 6. The minimum Gasteiger partial charge on any atom is -0.336 e. The molecule has 0 fully saturated rings. The molecule has 6 nitrogen and oxygen atoms in total. The van der Waals surface area contributed by atoms with Crippen molar-refractivity contribution in [2.24, 2.45) is 11.3 Å². The molecule has 0 spiro atoms. The van der Waals surface area contributed by atoms with Crippen LogP contribution in [0.2, 0.25) is 0 Å². The highest BCUT2D eigenvalue weighted by Gasteiger charge is 2.32. The highest BCUT2D eigenvalue weighted by atomic mass is 15.2. The molecule has 0 bridgehead atoms. The molecule has 614 valence electrons. The Morgan fingerprint density at radius 1 is 0.270 bits per heavy atom. The van der Waals surface area contributed by atoms with Crippen LogP contribution in [0.4, 0.5) is 34.1 Å². The van der Waals surface area contributed by atoms with E-state index in [0.29, 0.717) is 5.54 Å². The van der Waals surface area contributed by atoms with Crippen LogP contribution in [0.1, 0.15) is 318 Å². The number of para-hydroxylation sites is 4. The van der Waals surface area contributed by atoms with Crippen LogP contribution >= 0.6 is 0 Å². The summed E-state index contributed by atoms with van der Waals surface area (Å²) in [4.78, 5) is 9.52. The summed E-state index contributed by atoms with van der Waals surface area (Å²) in [6.07, 6.45) is 0. The molecule has 8 aromatic carbocycles.